The minimum Gasteiger partial charge on any atom is -0.465 e. The van der Waals surface area contributed by atoms with Crippen molar-refractivity contribution in [2.24, 2.45) is 0 Å². The Morgan fingerprint density at radius 1 is 1.52 bits per heavy atom. The number of carbonyl (C=O) groups excluding carboxylic acids is 1. The maximum atomic E-state index is 11.9. The Morgan fingerprint density at radius 3 is 2.83 bits per heavy atom. The first-order valence-corrected chi connectivity index (χ1v) is 6.74. The van der Waals surface area contributed by atoms with Gasteiger partial charge in [0.2, 0.25) is 0 Å². The average molecular weight is 330 g/mol. The number of halogens is 1. The summed E-state index contributed by atoms with van der Waals surface area (Å²) < 4.78 is 4.69. The van der Waals surface area contributed by atoms with E-state index in [4.69, 9.17) is 22.7 Å². The van der Waals surface area contributed by atoms with E-state index in [1.807, 2.05) is 6.07 Å². The molecule has 0 radical (unpaired) electrons. The molecule has 2 aromatic rings. The van der Waals surface area contributed by atoms with Crippen LogP contribution in [0.2, 0.25) is 5.15 Å². The van der Waals surface area contributed by atoms with Crippen molar-refractivity contribution in [3.05, 3.63) is 46.1 Å². The van der Waals surface area contributed by atoms with Crippen LogP contribution >= 0.6 is 11.6 Å². The van der Waals surface area contributed by atoms with E-state index in [0.29, 0.717) is 16.9 Å². The maximum absolute atomic E-state index is 11.9. The number of nitrogens with two attached hydrogens (primary N) is 1. The Labute approximate surface area is 137 Å². The van der Waals surface area contributed by atoms with Crippen molar-refractivity contribution in [2.75, 3.05) is 18.2 Å². The molecule has 0 unspecified atom stereocenters. The number of ether oxygens (including phenoxy) is 1. The van der Waals surface area contributed by atoms with E-state index in [0.717, 1.165) is 6.21 Å². The molecule has 0 aliphatic heterocycles. The lowest BCUT2D eigenvalue weighted by atomic mass is 10.1. The van der Waals surface area contributed by atoms with E-state index in [1.54, 1.807) is 18.2 Å². The minimum absolute atomic E-state index is 0.0194. The van der Waals surface area contributed by atoms with Gasteiger partial charge in [-0.3, -0.25) is 0 Å². The summed E-state index contributed by atoms with van der Waals surface area (Å²) in [4.78, 5) is 16.0. The third kappa shape index (κ3) is 3.39. The second-order valence-electron chi connectivity index (χ2n) is 4.43. The second kappa shape index (κ2) is 6.77. The fourth-order valence-corrected chi connectivity index (χ4v) is 2.12. The Kier molecular flexibility index (Phi) is 4.79. The normalized spacial score (nSPS) is 9.78. The first kappa shape index (κ1) is 16.3. The van der Waals surface area contributed by atoms with E-state index in [-0.39, 0.29) is 22.1 Å². The number of carbonyl (C=O) groups is 1. The highest BCUT2D eigenvalue weighted by Crippen LogP contribution is 2.27. The molecule has 1 aromatic heterocycles. The van der Waals surface area contributed by atoms with Gasteiger partial charge in [-0.25, -0.2) is 9.78 Å². The maximum Gasteiger partial charge on any atom is 0.343 e. The minimum atomic E-state index is -0.711. The van der Waals surface area contributed by atoms with Crippen molar-refractivity contribution in [1.82, 2.24) is 4.98 Å². The van der Waals surface area contributed by atoms with Gasteiger partial charge in [-0.2, -0.15) is 5.26 Å². The lowest BCUT2D eigenvalue weighted by Gasteiger charge is -2.12. The number of rotatable bonds is 4. The molecule has 116 valence electrons. The van der Waals surface area contributed by atoms with E-state index >= 15 is 0 Å². The number of esters is 1. The first-order valence-electron chi connectivity index (χ1n) is 6.36. The monoisotopic (exact) mass is 329 g/mol. The molecule has 8 heteroatoms. The van der Waals surface area contributed by atoms with Crippen molar-refractivity contribution in [3.63, 3.8) is 0 Å². The van der Waals surface area contributed by atoms with Crippen LogP contribution in [-0.2, 0) is 4.74 Å². The molecule has 0 spiro atoms. The Morgan fingerprint density at radius 2 is 2.26 bits per heavy atom. The number of nitriles is 1. The van der Waals surface area contributed by atoms with E-state index in [1.165, 1.54) is 13.2 Å². The van der Waals surface area contributed by atoms with Crippen LogP contribution in [0.15, 0.2) is 24.3 Å². The van der Waals surface area contributed by atoms with Crippen LogP contribution in [0.25, 0.3) is 0 Å². The van der Waals surface area contributed by atoms with Gasteiger partial charge in [-0.1, -0.05) is 11.6 Å². The fourth-order valence-electron chi connectivity index (χ4n) is 1.92. The molecule has 1 heterocycles. The van der Waals surface area contributed by atoms with Crippen molar-refractivity contribution < 1.29 is 9.53 Å². The number of aromatic nitrogens is 1. The van der Waals surface area contributed by atoms with E-state index in [9.17, 15) is 10.1 Å². The number of benzene rings is 1. The number of methoxy groups -OCH3 is 1. The van der Waals surface area contributed by atoms with Crippen LogP contribution < -0.4 is 11.1 Å². The number of anilines is 3. The van der Waals surface area contributed by atoms with Crippen molar-refractivity contribution in [2.45, 2.75) is 0 Å². The predicted octanol–water partition coefficient (Wildman–Crippen LogP) is 2.72. The molecule has 23 heavy (non-hydrogen) atoms. The van der Waals surface area contributed by atoms with E-state index in [2.05, 4.69) is 15.0 Å². The van der Waals surface area contributed by atoms with Gasteiger partial charge in [0.1, 0.15) is 22.6 Å². The lowest BCUT2D eigenvalue weighted by molar-refractivity contribution is 0.0601. The zero-order chi connectivity index (χ0) is 17.0. The molecule has 0 saturated carbocycles. The Balaban J connectivity index is 2.53. The molecule has 0 aliphatic rings. The zero-order valence-corrected chi connectivity index (χ0v) is 12.8. The van der Waals surface area contributed by atoms with Gasteiger partial charge in [-0.05, 0) is 24.3 Å². The predicted molar refractivity (Wildman–Crippen MR) is 87.3 cm³/mol. The number of nitrogens with zero attached hydrogens (tertiary/aromatic N) is 2. The fraction of sp³-hybridized carbons (Fsp3) is 0.0667. The Bertz CT molecular complexity index is 829. The van der Waals surface area contributed by atoms with Gasteiger partial charge >= 0.3 is 5.97 Å². The summed E-state index contributed by atoms with van der Waals surface area (Å²) in [6.07, 6.45) is 1.13. The van der Waals surface area contributed by atoms with Crippen LogP contribution in [0.1, 0.15) is 21.5 Å². The standard InChI is InChI=1S/C15H12ClN5O2/c1-23-15(22)13-9(7-18)4-12(16)21-14(13)20-10-3-2-8(6-17)11(19)5-10/h2-6,17H,19H2,1H3,(H,20,21). The summed E-state index contributed by atoms with van der Waals surface area (Å²) in [5, 5.41) is 19.3. The average Bonchev–Trinajstić information content (AvgIpc) is 2.53. The summed E-state index contributed by atoms with van der Waals surface area (Å²) in [5.41, 5.74) is 7.30. The van der Waals surface area contributed by atoms with Crippen LogP contribution in [0.5, 0.6) is 0 Å². The molecule has 2 rings (SSSR count). The molecule has 0 aliphatic carbocycles. The summed E-state index contributed by atoms with van der Waals surface area (Å²) in [6, 6.07) is 8.05. The summed E-state index contributed by atoms with van der Waals surface area (Å²) in [7, 11) is 1.21. The molecular weight excluding hydrogens is 318 g/mol. The topological polar surface area (TPSA) is 125 Å². The summed E-state index contributed by atoms with van der Waals surface area (Å²) >= 11 is 5.88. The quantitative estimate of drug-likeness (QED) is 0.343. The van der Waals surface area contributed by atoms with Gasteiger partial charge in [-0.15, -0.1) is 0 Å². The largest absolute Gasteiger partial charge is 0.465 e. The van der Waals surface area contributed by atoms with Crippen molar-refractivity contribution in [1.29, 1.82) is 10.7 Å². The number of nitrogens with one attached hydrogen (secondary N) is 2. The molecule has 0 bridgehead atoms. The number of pyridine rings is 1. The van der Waals surface area contributed by atoms with Crippen molar-refractivity contribution in [3.8, 4) is 6.07 Å². The first-order chi connectivity index (χ1) is 11.0. The molecule has 0 fully saturated rings. The highest BCUT2D eigenvalue weighted by Gasteiger charge is 2.20. The van der Waals surface area contributed by atoms with Gasteiger partial charge in [0, 0.05) is 23.2 Å². The van der Waals surface area contributed by atoms with Crippen molar-refractivity contribution >= 4 is 41.0 Å². The van der Waals surface area contributed by atoms with Gasteiger partial charge in [0.25, 0.3) is 0 Å². The van der Waals surface area contributed by atoms with Crippen LogP contribution in [0.3, 0.4) is 0 Å². The summed E-state index contributed by atoms with van der Waals surface area (Å²) in [6.45, 7) is 0. The third-order valence-electron chi connectivity index (χ3n) is 3.00. The number of nitrogen functional groups attached to an aromatic ring is 1. The third-order valence-corrected chi connectivity index (χ3v) is 3.20. The number of hydrogen-bond donors (Lipinski definition) is 3. The smallest absolute Gasteiger partial charge is 0.343 e. The van der Waals surface area contributed by atoms with Crippen LogP contribution in [-0.4, -0.2) is 24.3 Å². The lowest BCUT2D eigenvalue weighted by Crippen LogP contribution is -2.10. The highest BCUT2D eigenvalue weighted by molar-refractivity contribution is 6.29. The molecule has 1 aromatic carbocycles. The highest BCUT2D eigenvalue weighted by atomic mass is 35.5. The second-order valence-corrected chi connectivity index (χ2v) is 4.82. The number of hydrogen-bond acceptors (Lipinski definition) is 7. The molecule has 0 atom stereocenters. The van der Waals surface area contributed by atoms with Crippen LogP contribution in [0.4, 0.5) is 17.2 Å². The van der Waals surface area contributed by atoms with Crippen LogP contribution in [0, 0.1) is 16.7 Å². The van der Waals surface area contributed by atoms with Gasteiger partial charge in [0.15, 0.2) is 0 Å². The van der Waals surface area contributed by atoms with Gasteiger partial charge in [0.05, 0.1) is 12.7 Å². The zero-order valence-electron chi connectivity index (χ0n) is 12.1. The molecule has 7 nitrogen and oxygen atoms in total. The molecule has 0 amide bonds. The molecule has 0 saturated heterocycles. The van der Waals surface area contributed by atoms with Gasteiger partial charge < -0.3 is 21.2 Å². The molecule has 4 N–H and O–H groups in total. The van der Waals surface area contributed by atoms with E-state index < -0.39 is 5.97 Å². The summed E-state index contributed by atoms with van der Waals surface area (Å²) in [5.74, 6) is -0.625. The molecular formula is C15H12ClN5O2. The Hall–Kier alpha value is -3.11. The SMILES string of the molecule is COC(=O)c1c(C#N)cc(Cl)nc1Nc1ccc(C=N)c(N)c1.